The molecule has 0 bridgehead atoms. The Kier molecular flexibility index (Phi) is 4.05. The van der Waals surface area contributed by atoms with Gasteiger partial charge in [0.15, 0.2) is 0 Å². The first-order valence-corrected chi connectivity index (χ1v) is 6.34. The Morgan fingerprint density at radius 2 is 1.72 bits per heavy atom. The maximum atomic E-state index is 6.35. The van der Waals surface area contributed by atoms with Crippen molar-refractivity contribution in [3.05, 3.63) is 58.1 Å². The van der Waals surface area contributed by atoms with Crippen LogP contribution in [0.15, 0.2) is 36.4 Å². The van der Waals surface area contributed by atoms with Crippen molar-refractivity contribution in [3.8, 4) is 11.1 Å². The molecule has 94 valence electrons. The minimum Gasteiger partial charge on any atom is -0.380 e. The molecule has 2 heteroatoms. The highest BCUT2D eigenvalue weighted by Gasteiger charge is 2.10. The molecule has 0 saturated heterocycles. The molecule has 18 heavy (non-hydrogen) atoms. The van der Waals surface area contributed by atoms with Crippen molar-refractivity contribution >= 4 is 11.6 Å². The number of benzene rings is 2. The molecule has 0 heterocycles. The monoisotopic (exact) mass is 260 g/mol. The van der Waals surface area contributed by atoms with Gasteiger partial charge in [-0.1, -0.05) is 53.1 Å². The van der Waals surface area contributed by atoms with Crippen LogP contribution in [-0.4, -0.2) is 7.11 Å². The van der Waals surface area contributed by atoms with Crippen molar-refractivity contribution < 1.29 is 4.74 Å². The van der Waals surface area contributed by atoms with Gasteiger partial charge in [0.2, 0.25) is 0 Å². The van der Waals surface area contributed by atoms with Crippen molar-refractivity contribution in [2.45, 2.75) is 20.5 Å². The van der Waals surface area contributed by atoms with E-state index >= 15 is 0 Å². The zero-order chi connectivity index (χ0) is 13.1. The first kappa shape index (κ1) is 13.1. The quantitative estimate of drug-likeness (QED) is 0.772. The van der Waals surface area contributed by atoms with E-state index in [9.17, 15) is 0 Å². The van der Waals surface area contributed by atoms with E-state index in [2.05, 4.69) is 38.1 Å². The van der Waals surface area contributed by atoms with Gasteiger partial charge in [-0.25, -0.2) is 0 Å². The number of aryl methyl sites for hydroxylation is 2. The van der Waals surface area contributed by atoms with E-state index < -0.39 is 0 Å². The summed E-state index contributed by atoms with van der Waals surface area (Å²) in [6.45, 7) is 4.77. The van der Waals surface area contributed by atoms with Crippen molar-refractivity contribution in [2.75, 3.05) is 7.11 Å². The number of hydrogen-bond donors (Lipinski definition) is 0. The predicted octanol–water partition coefficient (Wildman–Crippen LogP) is 4.77. The van der Waals surface area contributed by atoms with Gasteiger partial charge in [-0.15, -0.1) is 0 Å². The summed E-state index contributed by atoms with van der Waals surface area (Å²) in [7, 11) is 1.70. The highest BCUT2D eigenvalue weighted by atomic mass is 35.5. The topological polar surface area (TPSA) is 9.23 Å². The summed E-state index contributed by atoms with van der Waals surface area (Å²) in [4.78, 5) is 0. The number of rotatable bonds is 3. The number of ether oxygens (including phenoxy) is 1. The zero-order valence-corrected chi connectivity index (χ0v) is 11.7. The van der Waals surface area contributed by atoms with Crippen LogP contribution in [-0.2, 0) is 11.3 Å². The predicted molar refractivity (Wildman–Crippen MR) is 77.1 cm³/mol. The van der Waals surface area contributed by atoms with Crippen LogP contribution in [0.4, 0.5) is 0 Å². The molecular formula is C16H17ClO. The van der Waals surface area contributed by atoms with E-state index in [4.69, 9.17) is 16.3 Å². The molecule has 0 spiro atoms. The summed E-state index contributed by atoms with van der Waals surface area (Å²) in [5.74, 6) is 0. The third-order valence-electron chi connectivity index (χ3n) is 2.91. The molecule has 2 aromatic rings. The molecule has 0 N–H and O–H groups in total. The lowest BCUT2D eigenvalue weighted by molar-refractivity contribution is 0.185. The molecule has 0 aliphatic heterocycles. The van der Waals surface area contributed by atoms with Crippen molar-refractivity contribution in [2.24, 2.45) is 0 Å². The van der Waals surface area contributed by atoms with Gasteiger partial charge in [0.1, 0.15) is 0 Å². The van der Waals surface area contributed by atoms with Crippen LogP contribution in [0.25, 0.3) is 11.1 Å². The molecule has 0 radical (unpaired) electrons. The fraction of sp³-hybridized carbons (Fsp3) is 0.250. The molecule has 0 fully saturated rings. The smallest absolute Gasteiger partial charge is 0.0719 e. The summed E-state index contributed by atoms with van der Waals surface area (Å²) >= 11 is 6.35. The molecule has 0 aromatic heterocycles. The lowest BCUT2D eigenvalue weighted by Gasteiger charge is -2.12. The van der Waals surface area contributed by atoms with E-state index in [-0.39, 0.29) is 0 Å². The minimum atomic E-state index is 0.572. The first-order chi connectivity index (χ1) is 8.61. The van der Waals surface area contributed by atoms with E-state index in [0.717, 1.165) is 21.7 Å². The number of hydrogen-bond acceptors (Lipinski definition) is 1. The van der Waals surface area contributed by atoms with Gasteiger partial charge in [0, 0.05) is 17.7 Å². The Morgan fingerprint density at radius 1 is 1.06 bits per heavy atom. The van der Waals surface area contributed by atoms with Crippen LogP contribution in [0.5, 0.6) is 0 Å². The molecule has 2 rings (SSSR count). The third-order valence-corrected chi connectivity index (χ3v) is 3.23. The van der Waals surface area contributed by atoms with Crippen LogP contribution < -0.4 is 0 Å². The zero-order valence-electron chi connectivity index (χ0n) is 11.0. The normalized spacial score (nSPS) is 10.7. The Morgan fingerprint density at radius 3 is 2.33 bits per heavy atom. The van der Waals surface area contributed by atoms with Gasteiger partial charge in [-0.2, -0.15) is 0 Å². The molecule has 0 amide bonds. The van der Waals surface area contributed by atoms with Gasteiger partial charge in [-0.3, -0.25) is 0 Å². The Bertz CT molecular complexity index is 541. The lowest BCUT2D eigenvalue weighted by atomic mass is 9.97. The molecule has 0 aliphatic rings. The second kappa shape index (κ2) is 5.55. The largest absolute Gasteiger partial charge is 0.380 e. The lowest BCUT2D eigenvalue weighted by Crippen LogP contribution is -1.94. The SMILES string of the molecule is COCc1cccc(Cl)c1-c1cc(C)cc(C)c1. The summed E-state index contributed by atoms with van der Waals surface area (Å²) < 4.78 is 5.25. The van der Waals surface area contributed by atoms with Gasteiger partial charge >= 0.3 is 0 Å². The summed E-state index contributed by atoms with van der Waals surface area (Å²) in [6, 6.07) is 12.4. The minimum absolute atomic E-state index is 0.572. The molecule has 0 unspecified atom stereocenters. The second-order valence-electron chi connectivity index (χ2n) is 4.58. The highest BCUT2D eigenvalue weighted by Crippen LogP contribution is 2.33. The molecular weight excluding hydrogens is 244 g/mol. The van der Waals surface area contributed by atoms with Crippen LogP contribution >= 0.6 is 11.6 Å². The van der Waals surface area contributed by atoms with Crippen molar-refractivity contribution in [1.29, 1.82) is 0 Å². The van der Waals surface area contributed by atoms with Crippen molar-refractivity contribution in [1.82, 2.24) is 0 Å². The summed E-state index contributed by atoms with van der Waals surface area (Å²) in [6.07, 6.45) is 0. The van der Waals surface area contributed by atoms with Gasteiger partial charge < -0.3 is 4.74 Å². The fourth-order valence-corrected chi connectivity index (χ4v) is 2.59. The number of methoxy groups -OCH3 is 1. The Hall–Kier alpha value is -1.31. The maximum absolute atomic E-state index is 6.35. The maximum Gasteiger partial charge on any atom is 0.0719 e. The van der Waals surface area contributed by atoms with E-state index in [1.807, 2.05) is 12.1 Å². The van der Waals surface area contributed by atoms with Crippen LogP contribution in [0.1, 0.15) is 16.7 Å². The third kappa shape index (κ3) is 2.74. The Balaban J connectivity index is 2.61. The van der Waals surface area contributed by atoms with Crippen molar-refractivity contribution in [3.63, 3.8) is 0 Å². The van der Waals surface area contributed by atoms with E-state index in [1.165, 1.54) is 11.1 Å². The molecule has 0 saturated carbocycles. The number of halogens is 1. The first-order valence-electron chi connectivity index (χ1n) is 5.97. The second-order valence-corrected chi connectivity index (χ2v) is 4.99. The van der Waals surface area contributed by atoms with E-state index in [0.29, 0.717) is 6.61 Å². The van der Waals surface area contributed by atoms with Gasteiger partial charge in [0.05, 0.1) is 6.61 Å². The average molecular weight is 261 g/mol. The molecule has 1 nitrogen and oxygen atoms in total. The molecule has 2 aromatic carbocycles. The molecule has 0 aliphatic carbocycles. The van der Waals surface area contributed by atoms with Crippen LogP contribution in [0, 0.1) is 13.8 Å². The standard InChI is InChI=1S/C16H17ClO/c1-11-7-12(2)9-14(8-11)16-13(10-18-3)5-4-6-15(16)17/h4-9H,10H2,1-3H3. The van der Waals surface area contributed by atoms with Gasteiger partial charge in [-0.05, 0) is 31.0 Å². The Labute approximate surface area is 113 Å². The van der Waals surface area contributed by atoms with Crippen LogP contribution in [0.2, 0.25) is 5.02 Å². The summed E-state index contributed by atoms with van der Waals surface area (Å²) in [5, 5.41) is 0.773. The van der Waals surface area contributed by atoms with Gasteiger partial charge in [0.25, 0.3) is 0 Å². The average Bonchev–Trinajstić information content (AvgIpc) is 2.28. The fourth-order valence-electron chi connectivity index (χ4n) is 2.29. The van der Waals surface area contributed by atoms with Crippen LogP contribution in [0.3, 0.4) is 0 Å². The highest BCUT2D eigenvalue weighted by molar-refractivity contribution is 6.33. The molecule has 0 atom stereocenters. The van der Waals surface area contributed by atoms with E-state index in [1.54, 1.807) is 7.11 Å². The summed E-state index contributed by atoms with van der Waals surface area (Å²) in [5.41, 5.74) is 5.84.